The topological polar surface area (TPSA) is 110 Å². The van der Waals surface area contributed by atoms with Crippen molar-refractivity contribution in [2.75, 3.05) is 36.5 Å². The van der Waals surface area contributed by atoms with Crippen LogP contribution in [-0.4, -0.2) is 68.8 Å². The smallest absolute Gasteiger partial charge is 0.296 e. The third-order valence-corrected chi connectivity index (χ3v) is 6.93. The molecule has 0 bridgehead atoms. The Kier molecular flexibility index (Phi) is 7.01. The van der Waals surface area contributed by atoms with Crippen LogP contribution in [0.4, 0.5) is 20.5 Å². The number of para-hydroxylation sites is 2. The number of halogens is 2. The molecule has 202 valence electrons. The summed E-state index contributed by atoms with van der Waals surface area (Å²) in [6, 6.07) is 14.3. The fraction of sp³-hybridized carbons (Fsp3) is 0.370. The molecule has 2 fully saturated rings. The summed E-state index contributed by atoms with van der Waals surface area (Å²) in [4.78, 5) is 32.2. The monoisotopic (exact) mass is 534 g/mol. The van der Waals surface area contributed by atoms with Crippen molar-refractivity contribution in [1.82, 2.24) is 29.8 Å². The van der Waals surface area contributed by atoms with Crippen LogP contribution in [0.1, 0.15) is 30.8 Å². The van der Waals surface area contributed by atoms with E-state index < -0.39 is 6.43 Å². The molecule has 0 spiro atoms. The van der Waals surface area contributed by atoms with Gasteiger partial charge in [-0.3, -0.25) is 14.3 Å². The van der Waals surface area contributed by atoms with Crippen LogP contribution in [0.25, 0.3) is 16.9 Å². The zero-order valence-electron chi connectivity index (χ0n) is 21.1. The van der Waals surface area contributed by atoms with E-state index >= 15 is 0 Å². The molecule has 1 aliphatic heterocycles. The fourth-order valence-corrected chi connectivity index (χ4v) is 4.96. The van der Waals surface area contributed by atoms with Gasteiger partial charge in [0.2, 0.25) is 11.9 Å². The number of nitrogens with one attached hydrogen (secondary N) is 2. The van der Waals surface area contributed by atoms with Crippen molar-refractivity contribution in [1.29, 1.82) is 0 Å². The Balaban J connectivity index is 1.22. The normalized spacial score (nSPS) is 19.2. The number of benzene rings is 1. The van der Waals surface area contributed by atoms with Gasteiger partial charge in [0.1, 0.15) is 11.6 Å². The molecule has 4 aromatic rings. The van der Waals surface area contributed by atoms with E-state index in [4.69, 9.17) is 9.72 Å². The molecule has 39 heavy (non-hydrogen) atoms. The number of pyridine rings is 1. The van der Waals surface area contributed by atoms with Gasteiger partial charge in [-0.05, 0) is 37.1 Å². The van der Waals surface area contributed by atoms with Gasteiger partial charge >= 0.3 is 0 Å². The second-order valence-electron chi connectivity index (χ2n) is 9.68. The number of carbonyl (C=O) groups excluding carboxylic acids is 1. The van der Waals surface area contributed by atoms with E-state index in [1.807, 2.05) is 23.1 Å². The van der Waals surface area contributed by atoms with E-state index in [1.165, 1.54) is 4.57 Å². The Morgan fingerprint density at radius 1 is 1.03 bits per heavy atom. The number of rotatable bonds is 8. The molecular formula is C27H28F2N8O2. The van der Waals surface area contributed by atoms with Gasteiger partial charge in [-0.2, -0.15) is 9.97 Å². The van der Waals surface area contributed by atoms with Crippen LogP contribution in [0.5, 0.6) is 0 Å². The summed E-state index contributed by atoms with van der Waals surface area (Å²) in [5.41, 5.74) is 1.74. The predicted molar refractivity (Wildman–Crippen MR) is 141 cm³/mol. The van der Waals surface area contributed by atoms with Crippen LogP contribution >= 0.6 is 0 Å². The number of aromatic nitrogens is 5. The van der Waals surface area contributed by atoms with Gasteiger partial charge in [-0.1, -0.05) is 18.2 Å². The number of carbonyl (C=O) groups is 1. The van der Waals surface area contributed by atoms with Crippen molar-refractivity contribution in [3.63, 3.8) is 0 Å². The van der Waals surface area contributed by atoms with Gasteiger partial charge in [0.25, 0.3) is 6.43 Å². The van der Waals surface area contributed by atoms with Gasteiger partial charge in [0.15, 0.2) is 5.82 Å². The molecule has 2 N–H and O–H groups in total. The Bertz CT molecular complexity index is 1450. The summed E-state index contributed by atoms with van der Waals surface area (Å²) in [7, 11) is 0. The lowest BCUT2D eigenvalue weighted by Gasteiger charge is -2.37. The lowest BCUT2D eigenvalue weighted by Crippen LogP contribution is -2.50. The van der Waals surface area contributed by atoms with E-state index in [0.717, 1.165) is 18.5 Å². The first-order valence-corrected chi connectivity index (χ1v) is 13.0. The molecule has 1 aliphatic carbocycles. The molecule has 0 radical (unpaired) electrons. The van der Waals surface area contributed by atoms with Crippen LogP contribution < -0.4 is 15.5 Å². The molecule has 1 aromatic carbocycles. The van der Waals surface area contributed by atoms with Crippen LogP contribution in [0, 0.1) is 0 Å². The zero-order valence-corrected chi connectivity index (χ0v) is 21.1. The van der Waals surface area contributed by atoms with Crippen LogP contribution in [0.2, 0.25) is 0 Å². The summed E-state index contributed by atoms with van der Waals surface area (Å²) in [5.74, 6) is 0.854. The summed E-state index contributed by atoms with van der Waals surface area (Å²) in [5, 5.41) is 6.46. The number of hydrogen-bond donors (Lipinski definition) is 2. The SMILES string of the molecule is O=C(Cc1ccccn1)NC1CC(Nc2cc(-n3c(C(F)F)nc4ccccc43)nc(N3CCOCC3)n2)C1. The number of anilines is 2. The minimum atomic E-state index is -2.78. The molecule has 6 rings (SSSR count). The van der Waals surface area contributed by atoms with Gasteiger partial charge < -0.3 is 20.3 Å². The minimum Gasteiger partial charge on any atom is -0.378 e. The van der Waals surface area contributed by atoms with Crippen molar-refractivity contribution in [3.05, 3.63) is 66.2 Å². The maximum absolute atomic E-state index is 14.1. The summed E-state index contributed by atoms with van der Waals surface area (Å²) < 4.78 is 35.0. The largest absolute Gasteiger partial charge is 0.378 e. The fourth-order valence-electron chi connectivity index (χ4n) is 4.96. The highest BCUT2D eigenvalue weighted by atomic mass is 19.3. The van der Waals surface area contributed by atoms with Gasteiger partial charge in [0, 0.05) is 43.1 Å². The van der Waals surface area contributed by atoms with E-state index in [1.54, 1.807) is 36.5 Å². The maximum Gasteiger partial charge on any atom is 0.296 e. The van der Waals surface area contributed by atoms with E-state index in [-0.39, 0.29) is 30.2 Å². The number of hydrogen-bond acceptors (Lipinski definition) is 8. The molecule has 12 heteroatoms. The lowest BCUT2D eigenvalue weighted by atomic mass is 9.86. The number of morpholine rings is 1. The highest BCUT2D eigenvalue weighted by molar-refractivity contribution is 5.79. The van der Waals surface area contributed by atoms with Gasteiger partial charge in [-0.25, -0.2) is 13.8 Å². The Hall–Kier alpha value is -4.19. The Labute approximate surface area is 223 Å². The summed E-state index contributed by atoms with van der Waals surface area (Å²) >= 11 is 0. The number of imidazole rings is 1. The molecular weight excluding hydrogens is 506 g/mol. The van der Waals surface area contributed by atoms with Crippen molar-refractivity contribution >= 4 is 28.7 Å². The van der Waals surface area contributed by atoms with Crippen molar-refractivity contribution in [2.45, 2.75) is 37.8 Å². The quantitative estimate of drug-likeness (QED) is 0.355. The zero-order chi connectivity index (χ0) is 26.8. The second kappa shape index (κ2) is 10.9. The third kappa shape index (κ3) is 5.51. The number of fused-ring (bicyclic) bond motifs is 1. The molecule has 1 saturated carbocycles. The van der Waals surface area contributed by atoms with Crippen LogP contribution in [-0.2, 0) is 16.0 Å². The van der Waals surface area contributed by atoms with Crippen LogP contribution in [0.3, 0.4) is 0 Å². The number of ether oxygens (including phenoxy) is 1. The lowest BCUT2D eigenvalue weighted by molar-refractivity contribution is -0.121. The molecule has 4 heterocycles. The number of alkyl halides is 2. The minimum absolute atomic E-state index is 0.0433. The van der Waals surface area contributed by atoms with E-state index in [9.17, 15) is 13.6 Å². The Morgan fingerprint density at radius 2 is 1.82 bits per heavy atom. The first-order valence-electron chi connectivity index (χ1n) is 13.0. The average molecular weight is 535 g/mol. The number of amides is 1. The molecule has 2 aliphatic rings. The molecule has 1 amide bonds. The summed E-state index contributed by atoms with van der Waals surface area (Å²) in [6.45, 7) is 2.27. The highest BCUT2D eigenvalue weighted by Crippen LogP contribution is 2.30. The van der Waals surface area contributed by atoms with Crippen LogP contribution in [0.15, 0.2) is 54.7 Å². The van der Waals surface area contributed by atoms with Gasteiger partial charge in [0.05, 0.1) is 30.7 Å². The first-order chi connectivity index (χ1) is 19.0. The Morgan fingerprint density at radius 3 is 2.59 bits per heavy atom. The third-order valence-electron chi connectivity index (χ3n) is 6.93. The highest BCUT2D eigenvalue weighted by Gasteiger charge is 2.31. The van der Waals surface area contributed by atoms with E-state index in [2.05, 4.69) is 25.6 Å². The van der Waals surface area contributed by atoms with Crippen molar-refractivity contribution < 1.29 is 18.3 Å². The van der Waals surface area contributed by atoms with Crippen molar-refractivity contribution in [3.8, 4) is 5.82 Å². The number of nitrogens with zero attached hydrogens (tertiary/aromatic N) is 6. The van der Waals surface area contributed by atoms with Crippen molar-refractivity contribution in [2.24, 2.45) is 0 Å². The standard InChI is InChI=1S/C27H28F2N8O2/c28-25(29)26-33-20-6-1-2-7-21(20)37(26)23-16-22(34-27(35-23)36-9-11-39-12-10-36)31-18-13-19(14-18)32-24(38)15-17-5-3-4-8-30-17/h1-8,16,18-19,25H,9-15H2,(H,32,38)(H,31,34,35). The average Bonchev–Trinajstić information content (AvgIpc) is 3.33. The first kappa shape index (κ1) is 25.1. The van der Waals surface area contributed by atoms with Gasteiger partial charge in [-0.15, -0.1) is 0 Å². The molecule has 10 nitrogen and oxygen atoms in total. The maximum atomic E-state index is 14.1. The molecule has 0 atom stereocenters. The molecule has 3 aromatic heterocycles. The second-order valence-corrected chi connectivity index (χ2v) is 9.68. The molecule has 0 unspecified atom stereocenters. The predicted octanol–water partition coefficient (Wildman–Crippen LogP) is 3.29. The summed E-state index contributed by atoms with van der Waals surface area (Å²) in [6.07, 6.45) is 0.563. The molecule has 1 saturated heterocycles. The van der Waals surface area contributed by atoms with E-state index in [0.29, 0.717) is 54.9 Å².